The Morgan fingerprint density at radius 3 is 2.71 bits per heavy atom. The maximum absolute atomic E-state index is 12.8. The molecule has 164 valence electrons. The lowest BCUT2D eigenvalue weighted by atomic mass is 9.92. The van der Waals surface area contributed by atoms with Gasteiger partial charge in [0, 0.05) is 49.9 Å². The lowest BCUT2D eigenvalue weighted by molar-refractivity contribution is 0.0784. The topological polar surface area (TPSA) is 95.1 Å². The highest BCUT2D eigenvalue weighted by Crippen LogP contribution is 2.29. The van der Waals surface area contributed by atoms with Gasteiger partial charge in [-0.05, 0) is 32.6 Å². The van der Waals surface area contributed by atoms with E-state index in [0.717, 1.165) is 48.7 Å². The van der Waals surface area contributed by atoms with Gasteiger partial charge in [0.05, 0.1) is 17.6 Å². The normalized spacial score (nSPS) is 22.5. The van der Waals surface area contributed by atoms with Crippen LogP contribution in [0.5, 0.6) is 0 Å². The molecule has 5 rings (SSSR count). The maximum atomic E-state index is 12.8. The summed E-state index contributed by atoms with van der Waals surface area (Å²) in [5.74, 6) is 0.656. The fourth-order valence-electron chi connectivity index (χ4n) is 5.26. The molecule has 3 aliphatic rings. The van der Waals surface area contributed by atoms with Crippen LogP contribution in [-0.4, -0.2) is 61.3 Å². The lowest BCUT2D eigenvalue weighted by Crippen LogP contribution is -2.42. The summed E-state index contributed by atoms with van der Waals surface area (Å²) in [6, 6.07) is 0.627. The van der Waals surface area contributed by atoms with Crippen molar-refractivity contribution in [2.75, 3.05) is 19.6 Å². The molecule has 2 fully saturated rings. The number of aromatic nitrogens is 4. The summed E-state index contributed by atoms with van der Waals surface area (Å²) in [5.41, 5.74) is 2.93. The van der Waals surface area contributed by atoms with Crippen LogP contribution in [0.4, 0.5) is 0 Å². The number of rotatable bonds is 3. The molecule has 4 heterocycles. The molecule has 8 heteroatoms. The van der Waals surface area contributed by atoms with Crippen LogP contribution < -0.4 is 5.56 Å². The van der Waals surface area contributed by atoms with E-state index < -0.39 is 0 Å². The molecule has 0 spiro atoms. The molecule has 0 bridgehead atoms. The van der Waals surface area contributed by atoms with Crippen molar-refractivity contribution in [3.05, 3.63) is 51.2 Å². The molecule has 1 saturated carbocycles. The number of H-pyrrole nitrogens is 1. The van der Waals surface area contributed by atoms with Crippen molar-refractivity contribution in [1.29, 1.82) is 0 Å². The molecule has 0 radical (unpaired) electrons. The Balaban J connectivity index is 1.31. The third-order valence-corrected chi connectivity index (χ3v) is 7.07. The number of hydrogen-bond acceptors (Lipinski definition) is 6. The van der Waals surface area contributed by atoms with E-state index in [1.165, 1.54) is 38.3 Å². The third kappa shape index (κ3) is 4.13. The molecule has 0 unspecified atom stereocenters. The smallest absolute Gasteiger partial charge is 0.274 e. The number of amides is 1. The van der Waals surface area contributed by atoms with E-state index in [1.807, 2.05) is 6.92 Å². The third-order valence-electron chi connectivity index (χ3n) is 7.07. The average molecular weight is 423 g/mol. The van der Waals surface area contributed by atoms with Gasteiger partial charge in [0.1, 0.15) is 11.5 Å². The molecule has 1 aliphatic carbocycles. The van der Waals surface area contributed by atoms with Crippen molar-refractivity contribution >= 4 is 5.91 Å². The number of aromatic amines is 1. The van der Waals surface area contributed by atoms with Crippen LogP contribution in [0.2, 0.25) is 0 Å². The van der Waals surface area contributed by atoms with Gasteiger partial charge in [-0.1, -0.05) is 19.3 Å². The van der Waals surface area contributed by atoms with E-state index in [2.05, 4.69) is 19.9 Å². The zero-order chi connectivity index (χ0) is 21.4. The second kappa shape index (κ2) is 8.49. The van der Waals surface area contributed by atoms with E-state index in [1.54, 1.807) is 11.1 Å². The van der Waals surface area contributed by atoms with E-state index in [-0.39, 0.29) is 17.4 Å². The first-order valence-electron chi connectivity index (χ1n) is 11.5. The van der Waals surface area contributed by atoms with Gasteiger partial charge in [0.15, 0.2) is 0 Å². The number of hydrogen-bond donors (Lipinski definition) is 1. The average Bonchev–Trinajstić information content (AvgIpc) is 3.30. The quantitative estimate of drug-likeness (QED) is 0.815. The van der Waals surface area contributed by atoms with Gasteiger partial charge >= 0.3 is 0 Å². The zero-order valence-electron chi connectivity index (χ0n) is 18.1. The van der Waals surface area contributed by atoms with E-state index in [4.69, 9.17) is 4.98 Å². The van der Waals surface area contributed by atoms with Gasteiger partial charge in [-0.2, -0.15) is 0 Å². The summed E-state index contributed by atoms with van der Waals surface area (Å²) in [7, 11) is 0. The fourth-order valence-corrected chi connectivity index (χ4v) is 5.26. The Morgan fingerprint density at radius 1 is 1.10 bits per heavy atom. The van der Waals surface area contributed by atoms with Crippen LogP contribution in [0.3, 0.4) is 0 Å². The van der Waals surface area contributed by atoms with Crippen molar-refractivity contribution in [3.8, 4) is 0 Å². The number of nitrogens with one attached hydrogen (secondary N) is 1. The molecule has 1 saturated heterocycles. The van der Waals surface area contributed by atoms with Gasteiger partial charge in [-0.25, -0.2) is 9.97 Å². The Kier molecular flexibility index (Phi) is 5.56. The predicted octanol–water partition coefficient (Wildman–Crippen LogP) is 2.19. The van der Waals surface area contributed by atoms with Crippen LogP contribution in [-0.2, 0) is 13.0 Å². The number of carbonyl (C=O) groups excluding carboxylic acids is 1. The van der Waals surface area contributed by atoms with Crippen molar-refractivity contribution < 1.29 is 4.79 Å². The highest BCUT2D eigenvalue weighted by atomic mass is 16.2. The standard InChI is InChI=1S/C23H30N6O2/c1-15-11-25-19(12-24-15)23(31)29-9-7-16(13-29)21-26-20-14-28(17-5-3-2-4-6-17)10-8-18(20)22(30)27-21/h11-12,16-17H,2-10,13-14H2,1H3,(H,26,27,30)/t16-/m0/s1. The Labute approximate surface area is 182 Å². The number of carbonyl (C=O) groups is 1. The number of likely N-dealkylation sites (tertiary alicyclic amines) is 1. The summed E-state index contributed by atoms with van der Waals surface area (Å²) in [6.45, 7) is 4.74. The minimum atomic E-state index is -0.112. The molecule has 2 aromatic rings. The summed E-state index contributed by atoms with van der Waals surface area (Å²) >= 11 is 0. The van der Waals surface area contributed by atoms with Crippen molar-refractivity contribution in [2.45, 2.75) is 70.4 Å². The first-order chi connectivity index (χ1) is 15.1. The fraction of sp³-hybridized carbons (Fsp3) is 0.609. The zero-order valence-corrected chi connectivity index (χ0v) is 18.1. The van der Waals surface area contributed by atoms with Gasteiger partial charge < -0.3 is 9.88 Å². The van der Waals surface area contributed by atoms with Crippen molar-refractivity contribution in [1.82, 2.24) is 29.7 Å². The first-order valence-corrected chi connectivity index (χ1v) is 11.5. The Hall–Kier alpha value is -2.61. The molecule has 2 aromatic heterocycles. The van der Waals surface area contributed by atoms with E-state index >= 15 is 0 Å². The molecule has 1 amide bonds. The van der Waals surface area contributed by atoms with Crippen molar-refractivity contribution in [2.24, 2.45) is 0 Å². The highest BCUT2D eigenvalue weighted by Gasteiger charge is 2.32. The van der Waals surface area contributed by atoms with Gasteiger partial charge in [0.25, 0.3) is 11.5 Å². The highest BCUT2D eigenvalue weighted by molar-refractivity contribution is 5.92. The van der Waals surface area contributed by atoms with Crippen LogP contribution in [0.1, 0.15) is 77.7 Å². The predicted molar refractivity (Wildman–Crippen MR) is 116 cm³/mol. The molecule has 0 aromatic carbocycles. The SMILES string of the molecule is Cc1cnc(C(=O)N2CC[C@H](c3nc4c(c(=O)[nH]3)CCN(C3CCCCC3)C4)C2)cn1. The second-order valence-corrected chi connectivity index (χ2v) is 9.17. The molecule has 1 atom stereocenters. The summed E-state index contributed by atoms with van der Waals surface area (Å²) < 4.78 is 0. The molecular weight excluding hydrogens is 392 g/mol. The van der Waals surface area contributed by atoms with Crippen LogP contribution >= 0.6 is 0 Å². The van der Waals surface area contributed by atoms with Crippen molar-refractivity contribution in [3.63, 3.8) is 0 Å². The Bertz CT molecular complexity index is 1010. The largest absolute Gasteiger partial charge is 0.337 e. The number of aryl methyl sites for hydroxylation is 1. The summed E-state index contributed by atoms with van der Waals surface area (Å²) in [5, 5.41) is 0. The van der Waals surface area contributed by atoms with Crippen LogP contribution in [0, 0.1) is 6.92 Å². The molecule has 1 N–H and O–H groups in total. The first kappa shape index (κ1) is 20.3. The maximum Gasteiger partial charge on any atom is 0.274 e. The minimum Gasteiger partial charge on any atom is -0.337 e. The number of fused-ring (bicyclic) bond motifs is 1. The Morgan fingerprint density at radius 2 is 1.94 bits per heavy atom. The molecular formula is C23H30N6O2. The van der Waals surface area contributed by atoms with Gasteiger partial charge in [-0.3, -0.25) is 19.5 Å². The molecule has 8 nitrogen and oxygen atoms in total. The van der Waals surface area contributed by atoms with Crippen LogP contribution in [0.15, 0.2) is 17.2 Å². The number of nitrogens with zero attached hydrogens (tertiary/aromatic N) is 5. The minimum absolute atomic E-state index is 0.00234. The molecule has 31 heavy (non-hydrogen) atoms. The molecule has 2 aliphatic heterocycles. The van der Waals surface area contributed by atoms with E-state index in [9.17, 15) is 9.59 Å². The summed E-state index contributed by atoms with van der Waals surface area (Å²) in [6.07, 6.45) is 11.2. The van der Waals surface area contributed by atoms with Crippen LogP contribution in [0.25, 0.3) is 0 Å². The summed E-state index contributed by atoms with van der Waals surface area (Å²) in [4.78, 5) is 46.2. The van der Waals surface area contributed by atoms with E-state index in [0.29, 0.717) is 24.8 Å². The second-order valence-electron chi connectivity index (χ2n) is 9.17. The van der Waals surface area contributed by atoms with Gasteiger partial charge in [-0.15, -0.1) is 0 Å². The lowest BCUT2D eigenvalue weighted by Gasteiger charge is -2.37. The monoisotopic (exact) mass is 422 g/mol. The van der Waals surface area contributed by atoms with Gasteiger partial charge in [0.2, 0.25) is 0 Å².